The molecular weight excluding hydrogens is 398 g/mol. The number of sulfonamides is 1. The lowest BCUT2D eigenvalue weighted by Crippen LogP contribution is -2.51. The fraction of sp³-hybridized carbons (Fsp3) is 0.267. The van der Waals surface area contributed by atoms with E-state index in [0.717, 1.165) is 0 Å². The van der Waals surface area contributed by atoms with Crippen LogP contribution in [0.3, 0.4) is 0 Å². The molecule has 0 radical (unpaired) electrons. The van der Waals surface area contributed by atoms with Crippen molar-refractivity contribution in [1.82, 2.24) is 9.21 Å². The number of hydrogen-bond acceptors (Lipinski definition) is 4. The maximum atomic E-state index is 12.5. The minimum Gasteiger partial charge on any atom is -0.434 e. The number of furan rings is 1. The summed E-state index contributed by atoms with van der Waals surface area (Å²) in [6.45, 7) is 1.15. The van der Waals surface area contributed by atoms with Gasteiger partial charge in [-0.15, -0.1) is 0 Å². The van der Waals surface area contributed by atoms with Crippen molar-refractivity contribution in [2.24, 2.45) is 0 Å². The molecule has 1 saturated heterocycles. The first kappa shape index (κ1) is 17.0. The number of rotatable bonds is 3. The van der Waals surface area contributed by atoms with E-state index in [1.807, 2.05) is 0 Å². The number of urea groups is 1. The Labute approximate surface area is 148 Å². The van der Waals surface area contributed by atoms with Gasteiger partial charge >= 0.3 is 6.03 Å². The van der Waals surface area contributed by atoms with Crippen LogP contribution in [0, 0.1) is 0 Å². The summed E-state index contributed by atoms with van der Waals surface area (Å²) in [6.07, 6.45) is 0. The SMILES string of the molecule is O=C(Nc1ccc(Br)o1)N1CCN(S(=O)(=O)c2ccccc2)CC1. The fourth-order valence-corrected chi connectivity index (χ4v) is 4.19. The molecule has 2 heterocycles. The van der Waals surface area contributed by atoms with Crippen LogP contribution in [0.15, 0.2) is 56.4 Å². The molecule has 1 aromatic heterocycles. The largest absolute Gasteiger partial charge is 0.434 e. The lowest BCUT2D eigenvalue weighted by molar-refractivity contribution is 0.184. The Morgan fingerprint density at radius 2 is 1.71 bits per heavy atom. The molecule has 0 aliphatic carbocycles. The summed E-state index contributed by atoms with van der Waals surface area (Å²) in [5.41, 5.74) is 0. The summed E-state index contributed by atoms with van der Waals surface area (Å²) in [5.74, 6) is 0.339. The summed E-state index contributed by atoms with van der Waals surface area (Å²) < 4.78 is 32.2. The molecule has 2 aromatic rings. The summed E-state index contributed by atoms with van der Waals surface area (Å²) in [4.78, 5) is 14.0. The van der Waals surface area contributed by atoms with Crippen molar-refractivity contribution in [3.05, 3.63) is 47.1 Å². The van der Waals surface area contributed by atoms with E-state index in [1.54, 1.807) is 47.4 Å². The summed E-state index contributed by atoms with van der Waals surface area (Å²) in [5, 5.41) is 2.64. The first-order chi connectivity index (χ1) is 11.5. The van der Waals surface area contributed by atoms with Gasteiger partial charge in [0.05, 0.1) is 4.90 Å². The van der Waals surface area contributed by atoms with E-state index >= 15 is 0 Å². The predicted molar refractivity (Wildman–Crippen MR) is 92.2 cm³/mol. The number of nitrogens with zero attached hydrogens (tertiary/aromatic N) is 2. The highest BCUT2D eigenvalue weighted by Gasteiger charge is 2.30. The molecule has 0 unspecified atom stereocenters. The van der Waals surface area contributed by atoms with E-state index in [1.165, 1.54) is 4.31 Å². The summed E-state index contributed by atoms with van der Waals surface area (Å²) in [7, 11) is -3.52. The lowest BCUT2D eigenvalue weighted by Gasteiger charge is -2.33. The number of halogens is 1. The second kappa shape index (κ2) is 6.96. The highest BCUT2D eigenvalue weighted by atomic mass is 79.9. The molecule has 128 valence electrons. The minimum absolute atomic E-state index is 0.256. The smallest absolute Gasteiger partial charge is 0.324 e. The second-order valence-electron chi connectivity index (χ2n) is 5.24. The average molecular weight is 414 g/mol. The van der Waals surface area contributed by atoms with Gasteiger partial charge in [0.2, 0.25) is 15.9 Å². The number of hydrogen-bond donors (Lipinski definition) is 1. The van der Waals surface area contributed by atoms with Crippen molar-refractivity contribution in [3.8, 4) is 0 Å². The fourth-order valence-electron chi connectivity index (χ4n) is 2.44. The number of amides is 2. The molecule has 0 spiro atoms. The van der Waals surface area contributed by atoms with Crippen molar-refractivity contribution in [1.29, 1.82) is 0 Å². The summed E-state index contributed by atoms with van der Waals surface area (Å²) in [6, 6.07) is 11.3. The zero-order valence-electron chi connectivity index (χ0n) is 12.7. The Morgan fingerprint density at radius 3 is 2.29 bits per heavy atom. The molecule has 0 saturated carbocycles. The molecule has 1 aliphatic heterocycles. The molecular formula is C15H16BrN3O4S. The molecule has 9 heteroatoms. The van der Waals surface area contributed by atoms with Crippen LogP contribution in [0.5, 0.6) is 0 Å². The zero-order valence-corrected chi connectivity index (χ0v) is 15.1. The molecule has 24 heavy (non-hydrogen) atoms. The molecule has 7 nitrogen and oxygen atoms in total. The van der Waals surface area contributed by atoms with Gasteiger partial charge in [0, 0.05) is 32.2 Å². The predicted octanol–water partition coefficient (Wildman–Crippen LogP) is 2.58. The van der Waals surface area contributed by atoms with Crippen LogP contribution in [0.2, 0.25) is 0 Å². The van der Waals surface area contributed by atoms with Crippen LogP contribution in [0.4, 0.5) is 10.7 Å². The van der Waals surface area contributed by atoms with Crippen molar-refractivity contribution in [2.75, 3.05) is 31.5 Å². The van der Waals surface area contributed by atoms with E-state index < -0.39 is 10.0 Å². The van der Waals surface area contributed by atoms with Crippen molar-refractivity contribution < 1.29 is 17.6 Å². The standard InChI is InChI=1S/C15H16BrN3O4S/c16-13-6-7-14(23-13)17-15(20)18-8-10-19(11-9-18)24(21,22)12-4-2-1-3-5-12/h1-7H,8-11H2,(H,17,20). The Morgan fingerprint density at radius 1 is 1.04 bits per heavy atom. The van der Waals surface area contributed by atoms with E-state index in [-0.39, 0.29) is 24.0 Å². The molecule has 1 N–H and O–H groups in total. The maximum Gasteiger partial charge on any atom is 0.324 e. The Hall–Kier alpha value is -1.84. The van der Waals surface area contributed by atoms with Gasteiger partial charge in [0.15, 0.2) is 4.67 Å². The number of piperazine rings is 1. The van der Waals surface area contributed by atoms with Crippen LogP contribution in [-0.2, 0) is 10.0 Å². The molecule has 3 rings (SSSR count). The Kier molecular flexibility index (Phi) is 4.93. The van der Waals surface area contributed by atoms with Crippen LogP contribution in [-0.4, -0.2) is 49.8 Å². The van der Waals surface area contributed by atoms with Gasteiger partial charge in [-0.1, -0.05) is 18.2 Å². The van der Waals surface area contributed by atoms with Gasteiger partial charge < -0.3 is 9.32 Å². The van der Waals surface area contributed by atoms with E-state index in [0.29, 0.717) is 23.6 Å². The third-order valence-electron chi connectivity index (χ3n) is 3.71. The molecule has 0 atom stereocenters. The van der Waals surface area contributed by atoms with Crippen LogP contribution in [0.25, 0.3) is 0 Å². The van der Waals surface area contributed by atoms with E-state index in [4.69, 9.17) is 4.42 Å². The minimum atomic E-state index is -3.52. The maximum absolute atomic E-state index is 12.5. The first-order valence-corrected chi connectivity index (χ1v) is 9.56. The number of nitrogens with one attached hydrogen (secondary N) is 1. The highest BCUT2D eigenvalue weighted by Crippen LogP contribution is 2.20. The summed E-state index contributed by atoms with van der Waals surface area (Å²) >= 11 is 3.17. The number of anilines is 1. The van der Waals surface area contributed by atoms with Crippen LogP contribution >= 0.6 is 15.9 Å². The van der Waals surface area contributed by atoms with E-state index in [9.17, 15) is 13.2 Å². The Balaban J connectivity index is 1.60. The molecule has 1 aliphatic rings. The lowest BCUT2D eigenvalue weighted by atomic mass is 10.4. The topological polar surface area (TPSA) is 82.9 Å². The molecule has 1 aromatic carbocycles. The molecule has 2 amide bonds. The molecule has 0 bridgehead atoms. The van der Waals surface area contributed by atoms with E-state index in [2.05, 4.69) is 21.2 Å². The van der Waals surface area contributed by atoms with Gasteiger partial charge in [-0.3, -0.25) is 5.32 Å². The Bertz CT molecular complexity index is 814. The van der Waals surface area contributed by atoms with Gasteiger partial charge in [-0.2, -0.15) is 4.31 Å². The van der Waals surface area contributed by atoms with Crippen molar-refractivity contribution in [2.45, 2.75) is 4.90 Å². The second-order valence-corrected chi connectivity index (χ2v) is 7.96. The van der Waals surface area contributed by atoms with Gasteiger partial charge in [0.1, 0.15) is 0 Å². The van der Waals surface area contributed by atoms with Gasteiger partial charge in [0.25, 0.3) is 0 Å². The number of carbonyl (C=O) groups excluding carboxylic acids is 1. The number of benzene rings is 1. The third-order valence-corrected chi connectivity index (χ3v) is 6.05. The van der Waals surface area contributed by atoms with Gasteiger partial charge in [-0.25, -0.2) is 13.2 Å². The van der Waals surface area contributed by atoms with Crippen molar-refractivity contribution >= 4 is 37.9 Å². The first-order valence-electron chi connectivity index (χ1n) is 7.33. The van der Waals surface area contributed by atoms with Crippen LogP contribution < -0.4 is 5.32 Å². The van der Waals surface area contributed by atoms with Crippen molar-refractivity contribution in [3.63, 3.8) is 0 Å². The number of carbonyl (C=O) groups is 1. The monoisotopic (exact) mass is 413 g/mol. The highest BCUT2D eigenvalue weighted by molar-refractivity contribution is 9.10. The zero-order chi connectivity index (χ0) is 17.2. The normalized spacial score (nSPS) is 16.1. The third kappa shape index (κ3) is 3.63. The molecule has 1 fully saturated rings. The van der Waals surface area contributed by atoms with Crippen LogP contribution in [0.1, 0.15) is 0 Å². The van der Waals surface area contributed by atoms with Gasteiger partial charge in [-0.05, 0) is 34.1 Å². The quantitative estimate of drug-likeness (QED) is 0.837. The average Bonchev–Trinajstić information content (AvgIpc) is 3.00.